The van der Waals surface area contributed by atoms with Crippen molar-refractivity contribution in [2.75, 3.05) is 25.4 Å². The van der Waals surface area contributed by atoms with E-state index in [9.17, 15) is 13.2 Å². The average molecular weight is 363 g/mol. The van der Waals surface area contributed by atoms with Gasteiger partial charge in [0.25, 0.3) is 5.91 Å². The van der Waals surface area contributed by atoms with Gasteiger partial charge in [-0.25, -0.2) is 12.7 Å². The Morgan fingerprint density at radius 2 is 1.88 bits per heavy atom. The van der Waals surface area contributed by atoms with Gasteiger partial charge in [-0.3, -0.25) is 4.79 Å². The SMILES string of the molecule is O=C(NCCS(=O)(=O)N1CCCCC1)c1cc(-c2ccccc2)on1. The van der Waals surface area contributed by atoms with Crippen molar-refractivity contribution in [2.24, 2.45) is 0 Å². The molecule has 0 bridgehead atoms. The average Bonchev–Trinajstić information content (AvgIpc) is 3.13. The largest absolute Gasteiger partial charge is 0.355 e. The fourth-order valence-electron chi connectivity index (χ4n) is 2.78. The van der Waals surface area contributed by atoms with Gasteiger partial charge in [0.15, 0.2) is 11.5 Å². The second-order valence-electron chi connectivity index (χ2n) is 5.97. The predicted molar refractivity (Wildman–Crippen MR) is 93.5 cm³/mol. The highest BCUT2D eigenvalue weighted by atomic mass is 32.2. The van der Waals surface area contributed by atoms with Gasteiger partial charge in [-0.2, -0.15) is 0 Å². The van der Waals surface area contributed by atoms with Gasteiger partial charge in [-0.05, 0) is 12.8 Å². The van der Waals surface area contributed by atoms with Crippen molar-refractivity contribution < 1.29 is 17.7 Å². The number of aromatic nitrogens is 1. The van der Waals surface area contributed by atoms with Crippen molar-refractivity contribution >= 4 is 15.9 Å². The van der Waals surface area contributed by atoms with Crippen LogP contribution in [0.15, 0.2) is 40.9 Å². The third kappa shape index (κ3) is 4.46. The third-order valence-electron chi connectivity index (χ3n) is 4.16. The van der Waals surface area contributed by atoms with Crippen LogP contribution >= 0.6 is 0 Å². The molecule has 7 nitrogen and oxygen atoms in total. The van der Waals surface area contributed by atoms with Crippen LogP contribution in [0.25, 0.3) is 11.3 Å². The molecule has 0 spiro atoms. The number of sulfonamides is 1. The molecule has 1 fully saturated rings. The van der Waals surface area contributed by atoms with Crippen LogP contribution < -0.4 is 5.32 Å². The molecule has 1 aliphatic heterocycles. The molecule has 3 rings (SSSR count). The molecule has 134 valence electrons. The van der Waals surface area contributed by atoms with Crippen molar-refractivity contribution in [1.82, 2.24) is 14.8 Å². The van der Waals surface area contributed by atoms with Crippen molar-refractivity contribution in [3.8, 4) is 11.3 Å². The molecule has 1 N–H and O–H groups in total. The molecule has 2 aromatic rings. The van der Waals surface area contributed by atoms with E-state index in [1.807, 2.05) is 30.3 Å². The monoisotopic (exact) mass is 363 g/mol. The lowest BCUT2D eigenvalue weighted by Gasteiger charge is -2.25. The highest BCUT2D eigenvalue weighted by molar-refractivity contribution is 7.89. The van der Waals surface area contributed by atoms with Gasteiger partial charge in [0.1, 0.15) is 0 Å². The Kier molecular flexibility index (Phi) is 5.50. The molecular weight excluding hydrogens is 342 g/mol. The lowest BCUT2D eigenvalue weighted by molar-refractivity contribution is 0.0947. The summed E-state index contributed by atoms with van der Waals surface area (Å²) in [5.41, 5.74) is 0.955. The summed E-state index contributed by atoms with van der Waals surface area (Å²) in [6.07, 6.45) is 2.86. The van der Waals surface area contributed by atoms with Crippen molar-refractivity contribution in [2.45, 2.75) is 19.3 Å². The summed E-state index contributed by atoms with van der Waals surface area (Å²) < 4.78 is 31.1. The topological polar surface area (TPSA) is 92.5 Å². The molecule has 1 aromatic heterocycles. The Morgan fingerprint density at radius 1 is 1.16 bits per heavy atom. The van der Waals surface area contributed by atoms with E-state index < -0.39 is 15.9 Å². The normalized spacial score (nSPS) is 15.8. The molecule has 1 aromatic carbocycles. The number of benzene rings is 1. The minimum Gasteiger partial charge on any atom is -0.355 e. The number of amides is 1. The zero-order chi connectivity index (χ0) is 17.7. The van der Waals surface area contributed by atoms with E-state index in [2.05, 4.69) is 10.5 Å². The zero-order valence-electron chi connectivity index (χ0n) is 13.8. The maximum absolute atomic E-state index is 12.2. The van der Waals surface area contributed by atoms with E-state index >= 15 is 0 Å². The number of rotatable bonds is 6. The van der Waals surface area contributed by atoms with Crippen LogP contribution in [0.5, 0.6) is 0 Å². The number of carbonyl (C=O) groups is 1. The summed E-state index contributed by atoms with van der Waals surface area (Å²) in [5, 5.41) is 6.34. The Hall–Kier alpha value is -2.19. The number of nitrogens with zero attached hydrogens (tertiary/aromatic N) is 2. The first-order valence-corrected chi connectivity index (χ1v) is 9.95. The summed E-state index contributed by atoms with van der Waals surface area (Å²) in [5.74, 6) is -0.0613. The highest BCUT2D eigenvalue weighted by Gasteiger charge is 2.24. The van der Waals surface area contributed by atoms with Crippen LogP contribution in [0.1, 0.15) is 29.8 Å². The van der Waals surface area contributed by atoms with E-state index in [1.165, 1.54) is 4.31 Å². The van der Waals surface area contributed by atoms with Crippen LogP contribution in [0, 0.1) is 0 Å². The summed E-state index contributed by atoms with van der Waals surface area (Å²) in [4.78, 5) is 12.1. The molecule has 1 amide bonds. The van der Waals surface area contributed by atoms with Crippen LogP contribution in [-0.4, -0.2) is 49.2 Å². The van der Waals surface area contributed by atoms with Crippen LogP contribution in [0.3, 0.4) is 0 Å². The molecule has 1 aliphatic rings. The predicted octanol–water partition coefficient (Wildman–Crippen LogP) is 1.89. The lowest BCUT2D eigenvalue weighted by Crippen LogP contribution is -2.40. The molecule has 0 radical (unpaired) electrons. The van der Waals surface area contributed by atoms with Gasteiger partial charge in [-0.1, -0.05) is 41.9 Å². The second kappa shape index (κ2) is 7.79. The Bertz CT molecular complexity index is 811. The maximum Gasteiger partial charge on any atom is 0.273 e. The van der Waals surface area contributed by atoms with Crippen LogP contribution in [0.2, 0.25) is 0 Å². The zero-order valence-corrected chi connectivity index (χ0v) is 14.7. The molecule has 0 unspecified atom stereocenters. The number of nitrogens with one attached hydrogen (secondary N) is 1. The summed E-state index contributed by atoms with van der Waals surface area (Å²) in [6, 6.07) is 10.9. The smallest absolute Gasteiger partial charge is 0.273 e. The van der Waals surface area contributed by atoms with E-state index in [0.717, 1.165) is 24.8 Å². The highest BCUT2D eigenvalue weighted by Crippen LogP contribution is 2.19. The minimum absolute atomic E-state index is 0.0468. The Balaban J connectivity index is 1.54. The first-order chi connectivity index (χ1) is 12.1. The number of hydrogen-bond donors (Lipinski definition) is 1. The molecular formula is C17H21N3O4S. The molecule has 0 atom stereocenters. The third-order valence-corrected chi connectivity index (χ3v) is 6.03. The summed E-state index contributed by atoms with van der Waals surface area (Å²) in [7, 11) is -3.32. The van der Waals surface area contributed by atoms with Crippen molar-refractivity contribution in [3.63, 3.8) is 0 Å². The molecule has 8 heteroatoms. The number of piperidine rings is 1. The maximum atomic E-state index is 12.2. The van der Waals surface area contributed by atoms with Gasteiger partial charge in [0.2, 0.25) is 10.0 Å². The molecule has 2 heterocycles. The Morgan fingerprint density at radius 3 is 2.60 bits per heavy atom. The summed E-state index contributed by atoms with van der Waals surface area (Å²) in [6.45, 7) is 1.19. The number of carbonyl (C=O) groups excluding carboxylic acids is 1. The Labute approximate surface area is 147 Å². The van der Waals surface area contributed by atoms with Gasteiger partial charge in [0.05, 0.1) is 5.75 Å². The van der Waals surface area contributed by atoms with Crippen LogP contribution in [-0.2, 0) is 10.0 Å². The fourth-order valence-corrected chi connectivity index (χ4v) is 4.21. The van der Waals surface area contributed by atoms with Gasteiger partial charge >= 0.3 is 0 Å². The van der Waals surface area contributed by atoms with Crippen molar-refractivity contribution in [3.05, 3.63) is 42.1 Å². The van der Waals surface area contributed by atoms with E-state index in [4.69, 9.17) is 4.52 Å². The fraction of sp³-hybridized carbons (Fsp3) is 0.412. The minimum atomic E-state index is -3.32. The lowest BCUT2D eigenvalue weighted by atomic mass is 10.1. The first-order valence-electron chi connectivity index (χ1n) is 8.34. The molecule has 0 aliphatic carbocycles. The van der Waals surface area contributed by atoms with Gasteiger partial charge < -0.3 is 9.84 Å². The van der Waals surface area contributed by atoms with Crippen molar-refractivity contribution in [1.29, 1.82) is 0 Å². The van der Waals surface area contributed by atoms with Crippen LogP contribution in [0.4, 0.5) is 0 Å². The second-order valence-corrected chi connectivity index (χ2v) is 8.06. The molecule has 1 saturated heterocycles. The van der Waals surface area contributed by atoms with Gasteiger partial charge in [0, 0.05) is 31.3 Å². The standard InChI is InChI=1S/C17H21N3O4S/c21-17(15-13-16(24-19-15)14-7-3-1-4-8-14)18-9-12-25(22,23)20-10-5-2-6-11-20/h1,3-4,7-8,13H,2,5-6,9-12H2,(H,18,21). The quantitative estimate of drug-likeness (QED) is 0.846. The molecule has 25 heavy (non-hydrogen) atoms. The summed E-state index contributed by atoms with van der Waals surface area (Å²) >= 11 is 0. The van der Waals surface area contributed by atoms with Gasteiger partial charge in [-0.15, -0.1) is 0 Å². The molecule has 0 saturated carbocycles. The van der Waals surface area contributed by atoms with E-state index in [1.54, 1.807) is 6.07 Å². The van der Waals surface area contributed by atoms with E-state index in [0.29, 0.717) is 18.8 Å². The number of hydrogen-bond acceptors (Lipinski definition) is 5. The first kappa shape index (κ1) is 17.6. The van der Waals surface area contributed by atoms with E-state index in [-0.39, 0.29) is 18.0 Å².